The number of hydrogen-bond donors (Lipinski definition) is 1. The Morgan fingerprint density at radius 1 is 1.19 bits per heavy atom. The molecule has 0 bridgehead atoms. The monoisotopic (exact) mass is 371 g/mol. The zero-order valence-corrected chi connectivity index (χ0v) is 16.6. The normalized spacial score (nSPS) is 26.6. The lowest BCUT2D eigenvalue weighted by atomic mass is 9.77. The molecule has 6 nitrogen and oxygen atoms in total. The van der Waals surface area contributed by atoms with Gasteiger partial charge < -0.3 is 10.2 Å². The number of likely N-dealkylation sites (tertiary alicyclic amines) is 1. The summed E-state index contributed by atoms with van der Waals surface area (Å²) in [6.45, 7) is 8.06. The smallest absolute Gasteiger partial charge is 0.240 e. The molecule has 1 aromatic rings. The lowest BCUT2D eigenvalue weighted by Gasteiger charge is -2.37. The van der Waals surface area contributed by atoms with Gasteiger partial charge in [-0.1, -0.05) is 0 Å². The molecule has 4 heterocycles. The van der Waals surface area contributed by atoms with Gasteiger partial charge in [0.15, 0.2) is 0 Å². The van der Waals surface area contributed by atoms with E-state index in [0.717, 1.165) is 65.2 Å². The van der Waals surface area contributed by atoms with Crippen molar-refractivity contribution in [2.24, 2.45) is 5.41 Å². The van der Waals surface area contributed by atoms with Crippen molar-refractivity contribution in [1.82, 2.24) is 25.0 Å². The van der Waals surface area contributed by atoms with Crippen LogP contribution < -0.4 is 5.32 Å². The summed E-state index contributed by atoms with van der Waals surface area (Å²) in [6.07, 6.45) is 8.25. The summed E-state index contributed by atoms with van der Waals surface area (Å²) in [5, 5.41) is 3.46. The number of nitrogens with zero attached hydrogens (tertiary/aromatic N) is 4. The molecule has 3 aliphatic rings. The van der Waals surface area contributed by atoms with Gasteiger partial charge in [-0.15, -0.1) is 0 Å². The number of piperazine rings is 1. The molecule has 0 radical (unpaired) electrons. The second kappa shape index (κ2) is 8.25. The predicted octanol–water partition coefficient (Wildman–Crippen LogP) is 0.842. The van der Waals surface area contributed by atoms with Crippen LogP contribution in [0.25, 0.3) is 0 Å². The molecule has 3 fully saturated rings. The van der Waals surface area contributed by atoms with Crippen LogP contribution in [0.5, 0.6) is 0 Å². The van der Waals surface area contributed by atoms with Crippen molar-refractivity contribution in [1.29, 1.82) is 0 Å². The lowest BCUT2D eigenvalue weighted by Crippen LogP contribution is -2.53. The fraction of sp³-hybridized carbons (Fsp3) is 0.714. The largest absolute Gasteiger partial charge is 0.339 e. The number of likely N-dealkylation sites (N-methyl/N-ethyl adjacent to an activating group) is 1. The molecule has 1 spiro atoms. The van der Waals surface area contributed by atoms with Gasteiger partial charge in [-0.2, -0.15) is 0 Å². The van der Waals surface area contributed by atoms with E-state index in [0.29, 0.717) is 11.3 Å². The number of nitrogens with one attached hydrogen (secondary N) is 1. The summed E-state index contributed by atoms with van der Waals surface area (Å²) < 4.78 is 0. The minimum atomic E-state index is 0.0893. The first kappa shape index (κ1) is 18.8. The van der Waals surface area contributed by atoms with Crippen LogP contribution in [0.15, 0.2) is 24.5 Å². The Labute approximate surface area is 162 Å². The summed E-state index contributed by atoms with van der Waals surface area (Å²) in [4.78, 5) is 24.2. The van der Waals surface area contributed by atoms with E-state index < -0.39 is 0 Å². The van der Waals surface area contributed by atoms with E-state index in [1.165, 1.54) is 18.4 Å². The van der Waals surface area contributed by atoms with Crippen molar-refractivity contribution >= 4 is 5.91 Å². The Bertz CT molecular complexity index is 623. The third-order valence-electron chi connectivity index (χ3n) is 6.84. The second-order valence-electron chi connectivity index (χ2n) is 8.66. The molecule has 148 valence electrons. The lowest BCUT2D eigenvalue weighted by molar-refractivity contribution is -0.137. The van der Waals surface area contributed by atoms with E-state index in [-0.39, 0.29) is 6.04 Å². The van der Waals surface area contributed by atoms with Gasteiger partial charge >= 0.3 is 0 Å². The van der Waals surface area contributed by atoms with Crippen molar-refractivity contribution in [3.63, 3.8) is 0 Å². The third kappa shape index (κ3) is 4.33. The Morgan fingerprint density at radius 2 is 1.89 bits per heavy atom. The van der Waals surface area contributed by atoms with Crippen LogP contribution in [0, 0.1) is 5.41 Å². The Kier molecular flexibility index (Phi) is 5.76. The minimum Gasteiger partial charge on any atom is -0.339 e. The van der Waals surface area contributed by atoms with Crippen LogP contribution in [-0.2, 0) is 11.2 Å². The highest BCUT2D eigenvalue weighted by molar-refractivity contribution is 5.82. The van der Waals surface area contributed by atoms with Gasteiger partial charge in [-0.25, -0.2) is 0 Å². The molecule has 0 aliphatic carbocycles. The zero-order chi connectivity index (χ0) is 18.7. The first-order chi connectivity index (χ1) is 13.2. The molecule has 3 aliphatic heterocycles. The molecule has 4 rings (SSSR count). The number of carbonyl (C=O) groups excluding carboxylic acids is 1. The van der Waals surface area contributed by atoms with Crippen molar-refractivity contribution in [3.8, 4) is 0 Å². The highest BCUT2D eigenvalue weighted by Crippen LogP contribution is 2.41. The molecule has 27 heavy (non-hydrogen) atoms. The number of carbonyl (C=O) groups is 1. The molecular formula is C21H33N5O. The molecule has 1 amide bonds. The number of rotatable bonds is 4. The van der Waals surface area contributed by atoms with E-state index in [4.69, 9.17) is 0 Å². The van der Waals surface area contributed by atoms with Gasteiger partial charge in [0, 0.05) is 51.7 Å². The first-order valence-electron chi connectivity index (χ1n) is 10.5. The van der Waals surface area contributed by atoms with Crippen LogP contribution in [0.4, 0.5) is 0 Å². The molecule has 1 N–H and O–H groups in total. The SMILES string of the molecule is CN1CC2(CCNCC2)CC1C(=O)N1CCN(CCc2ccncc2)CC1. The van der Waals surface area contributed by atoms with Crippen LogP contribution in [0.2, 0.25) is 0 Å². The Morgan fingerprint density at radius 3 is 2.59 bits per heavy atom. The average Bonchev–Trinajstić information content (AvgIpc) is 3.03. The summed E-state index contributed by atoms with van der Waals surface area (Å²) in [5.41, 5.74) is 1.70. The first-order valence-corrected chi connectivity index (χ1v) is 10.5. The number of piperidine rings is 1. The molecule has 0 aromatic carbocycles. The molecule has 3 saturated heterocycles. The van der Waals surface area contributed by atoms with Crippen molar-refractivity contribution in [2.45, 2.75) is 31.7 Å². The second-order valence-corrected chi connectivity index (χ2v) is 8.66. The van der Waals surface area contributed by atoms with Gasteiger partial charge in [0.05, 0.1) is 6.04 Å². The van der Waals surface area contributed by atoms with Crippen LogP contribution in [0.1, 0.15) is 24.8 Å². The molecule has 6 heteroatoms. The highest BCUT2D eigenvalue weighted by Gasteiger charge is 2.46. The molecule has 1 aromatic heterocycles. The maximum atomic E-state index is 13.2. The minimum absolute atomic E-state index is 0.0893. The zero-order valence-electron chi connectivity index (χ0n) is 16.6. The third-order valence-corrected chi connectivity index (χ3v) is 6.84. The number of hydrogen-bond acceptors (Lipinski definition) is 5. The standard InChI is InChI=1S/C21H33N5O/c1-24-17-21(5-9-23-10-6-21)16-19(24)20(27)26-14-12-25(13-15-26)11-4-18-2-7-22-8-3-18/h2-3,7-8,19,23H,4-6,9-17H2,1H3. The van der Waals surface area contributed by atoms with Crippen molar-refractivity contribution in [2.75, 3.05) is 59.4 Å². The fourth-order valence-electron chi connectivity index (χ4n) is 5.10. The van der Waals surface area contributed by atoms with Crippen LogP contribution in [-0.4, -0.2) is 91.0 Å². The summed E-state index contributed by atoms with van der Waals surface area (Å²) in [7, 11) is 2.14. The number of amides is 1. The highest BCUT2D eigenvalue weighted by atomic mass is 16.2. The van der Waals surface area contributed by atoms with Gasteiger partial charge in [0.1, 0.15) is 0 Å². The molecular weight excluding hydrogens is 338 g/mol. The predicted molar refractivity (Wildman–Crippen MR) is 107 cm³/mol. The van der Waals surface area contributed by atoms with E-state index in [1.54, 1.807) is 0 Å². The Hall–Kier alpha value is -1.50. The van der Waals surface area contributed by atoms with E-state index in [9.17, 15) is 4.79 Å². The van der Waals surface area contributed by atoms with E-state index in [2.05, 4.69) is 44.2 Å². The van der Waals surface area contributed by atoms with Gasteiger partial charge in [0.2, 0.25) is 5.91 Å². The number of aromatic nitrogens is 1. The molecule has 1 unspecified atom stereocenters. The van der Waals surface area contributed by atoms with Crippen LogP contribution >= 0.6 is 0 Å². The average molecular weight is 372 g/mol. The van der Waals surface area contributed by atoms with E-state index >= 15 is 0 Å². The molecule has 1 atom stereocenters. The molecule has 0 saturated carbocycles. The summed E-state index contributed by atoms with van der Waals surface area (Å²) in [6, 6.07) is 4.27. The van der Waals surface area contributed by atoms with Gasteiger partial charge in [-0.05, 0) is 68.9 Å². The topological polar surface area (TPSA) is 51.7 Å². The van der Waals surface area contributed by atoms with Crippen molar-refractivity contribution < 1.29 is 4.79 Å². The van der Waals surface area contributed by atoms with Gasteiger partial charge in [-0.3, -0.25) is 19.6 Å². The van der Waals surface area contributed by atoms with Crippen LogP contribution in [0.3, 0.4) is 0 Å². The summed E-state index contributed by atoms with van der Waals surface area (Å²) in [5.74, 6) is 0.363. The quantitative estimate of drug-likeness (QED) is 0.850. The fourth-order valence-corrected chi connectivity index (χ4v) is 5.10. The maximum Gasteiger partial charge on any atom is 0.240 e. The number of pyridine rings is 1. The van der Waals surface area contributed by atoms with Gasteiger partial charge in [0.25, 0.3) is 0 Å². The van der Waals surface area contributed by atoms with Crippen molar-refractivity contribution in [3.05, 3.63) is 30.1 Å². The Balaban J connectivity index is 1.26. The van der Waals surface area contributed by atoms with E-state index in [1.807, 2.05) is 12.4 Å². The summed E-state index contributed by atoms with van der Waals surface area (Å²) >= 11 is 0. The maximum absolute atomic E-state index is 13.2.